The number of morpholine rings is 1. The number of primary amides is 1. The third kappa shape index (κ3) is 3.47. The highest BCUT2D eigenvalue weighted by Crippen LogP contribution is 2.19. The van der Waals surface area contributed by atoms with Crippen LogP contribution in [0.3, 0.4) is 0 Å². The molecular formula is C11H22N2O2. The third-order valence-corrected chi connectivity index (χ3v) is 2.78. The molecule has 0 aliphatic carbocycles. The van der Waals surface area contributed by atoms with E-state index >= 15 is 0 Å². The third-order valence-electron chi connectivity index (χ3n) is 2.78. The van der Waals surface area contributed by atoms with E-state index in [9.17, 15) is 4.79 Å². The van der Waals surface area contributed by atoms with Gasteiger partial charge in [0.2, 0.25) is 5.91 Å². The number of hydrogen-bond acceptors (Lipinski definition) is 3. The summed E-state index contributed by atoms with van der Waals surface area (Å²) in [5, 5.41) is 0. The molecular weight excluding hydrogens is 192 g/mol. The summed E-state index contributed by atoms with van der Waals surface area (Å²) in [5.74, 6) is -0.241. The van der Waals surface area contributed by atoms with Crippen LogP contribution in [-0.4, -0.2) is 42.6 Å². The average Bonchev–Trinajstić information content (AvgIpc) is 1.99. The number of carbonyl (C=O) groups excluding carboxylic acids is 1. The first-order chi connectivity index (χ1) is 6.81. The molecule has 2 atom stereocenters. The van der Waals surface area contributed by atoms with Gasteiger partial charge in [-0.3, -0.25) is 9.69 Å². The van der Waals surface area contributed by atoms with Gasteiger partial charge in [0.25, 0.3) is 0 Å². The number of rotatable bonds is 3. The number of amides is 1. The van der Waals surface area contributed by atoms with Crippen molar-refractivity contribution in [3.05, 3.63) is 0 Å². The Morgan fingerprint density at radius 3 is 2.27 bits per heavy atom. The highest BCUT2D eigenvalue weighted by atomic mass is 16.5. The molecule has 1 fully saturated rings. The first-order valence-electron chi connectivity index (χ1n) is 5.49. The predicted molar refractivity (Wildman–Crippen MR) is 59.4 cm³/mol. The van der Waals surface area contributed by atoms with Crippen LogP contribution < -0.4 is 5.73 Å². The van der Waals surface area contributed by atoms with E-state index in [1.165, 1.54) is 0 Å². The van der Waals surface area contributed by atoms with Gasteiger partial charge in [-0.1, -0.05) is 0 Å². The van der Waals surface area contributed by atoms with Gasteiger partial charge in [-0.15, -0.1) is 0 Å². The Kier molecular flexibility index (Phi) is 3.73. The van der Waals surface area contributed by atoms with Crippen LogP contribution in [0.15, 0.2) is 0 Å². The van der Waals surface area contributed by atoms with Gasteiger partial charge in [0.1, 0.15) is 0 Å². The Bertz CT molecular complexity index is 231. The molecule has 0 spiro atoms. The zero-order valence-electron chi connectivity index (χ0n) is 10.1. The first kappa shape index (κ1) is 12.5. The summed E-state index contributed by atoms with van der Waals surface area (Å²) in [7, 11) is 0. The molecule has 0 aromatic rings. The lowest BCUT2D eigenvalue weighted by molar-refractivity contribution is -0.129. The Balaban J connectivity index is 2.54. The van der Waals surface area contributed by atoms with Crippen molar-refractivity contribution in [2.75, 3.05) is 19.6 Å². The van der Waals surface area contributed by atoms with Gasteiger partial charge in [-0.2, -0.15) is 0 Å². The molecule has 0 aromatic heterocycles. The molecule has 2 unspecified atom stereocenters. The second-order valence-electron chi connectivity index (χ2n) is 5.20. The molecule has 0 radical (unpaired) electrons. The van der Waals surface area contributed by atoms with Crippen LogP contribution in [0.25, 0.3) is 0 Å². The quantitative estimate of drug-likeness (QED) is 0.749. The molecule has 4 heteroatoms. The summed E-state index contributed by atoms with van der Waals surface area (Å²) in [4.78, 5) is 13.5. The molecule has 1 aliphatic rings. The SMILES string of the molecule is CC1CN(CC(C)(C)C(N)=O)CC(C)O1. The van der Waals surface area contributed by atoms with Crippen molar-refractivity contribution in [1.29, 1.82) is 0 Å². The lowest BCUT2D eigenvalue weighted by Crippen LogP contribution is -2.51. The topological polar surface area (TPSA) is 55.6 Å². The molecule has 2 N–H and O–H groups in total. The largest absolute Gasteiger partial charge is 0.373 e. The van der Waals surface area contributed by atoms with Crippen LogP contribution in [0.4, 0.5) is 0 Å². The molecule has 0 bridgehead atoms. The maximum Gasteiger partial charge on any atom is 0.224 e. The number of nitrogens with two attached hydrogens (primary N) is 1. The van der Waals surface area contributed by atoms with Crippen molar-refractivity contribution < 1.29 is 9.53 Å². The van der Waals surface area contributed by atoms with Gasteiger partial charge >= 0.3 is 0 Å². The summed E-state index contributed by atoms with van der Waals surface area (Å²) in [6.07, 6.45) is 0.467. The molecule has 0 aromatic carbocycles. The average molecular weight is 214 g/mol. The van der Waals surface area contributed by atoms with Crippen molar-refractivity contribution in [2.45, 2.75) is 39.9 Å². The van der Waals surface area contributed by atoms with Crippen LogP contribution in [-0.2, 0) is 9.53 Å². The Morgan fingerprint density at radius 1 is 1.40 bits per heavy atom. The van der Waals surface area contributed by atoms with Gasteiger partial charge in [0.05, 0.1) is 17.6 Å². The zero-order chi connectivity index (χ0) is 11.6. The molecule has 1 heterocycles. The molecule has 4 nitrogen and oxygen atoms in total. The van der Waals surface area contributed by atoms with Gasteiger partial charge < -0.3 is 10.5 Å². The normalized spacial score (nSPS) is 29.1. The van der Waals surface area contributed by atoms with E-state index in [-0.39, 0.29) is 18.1 Å². The van der Waals surface area contributed by atoms with Crippen molar-refractivity contribution in [1.82, 2.24) is 4.90 Å². The Labute approximate surface area is 91.8 Å². The number of carbonyl (C=O) groups is 1. The molecule has 1 amide bonds. The van der Waals surface area contributed by atoms with E-state index in [2.05, 4.69) is 18.7 Å². The second kappa shape index (κ2) is 4.49. The molecule has 1 aliphatic heterocycles. The lowest BCUT2D eigenvalue weighted by Gasteiger charge is -2.38. The Hall–Kier alpha value is -0.610. The highest BCUT2D eigenvalue weighted by molar-refractivity contribution is 5.80. The van der Waals surface area contributed by atoms with Gasteiger partial charge in [-0.25, -0.2) is 0 Å². The van der Waals surface area contributed by atoms with E-state index in [0.717, 1.165) is 13.1 Å². The summed E-state index contributed by atoms with van der Waals surface area (Å²) < 4.78 is 5.63. The summed E-state index contributed by atoms with van der Waals surface area (Å²) in [6.45, 7) is 10.3. The van der Waals surface area contributed by atoms with E-state index in [1.54, 1.807) is 0 Å². The monoisotopic (exact) mass is 214 g/mol. The lowest BCUT2D eigenvalue weighted by atomic mass is 9.91. The number of hydrogen-bond donors (Lipinski definition) is 1. The van der Waals surface area contributed by atoms with Crippen molar-refractivity contribution in [2.24, 2.45) is 11.1 Å². The zero-order valence-corrected chi connectivity index (χ0v) is 10.1. The van der Waals surface area contributed by atoms with Crippen LogP contribution in [0.5, 0.6) is 0 Å². The molecule has 88 valence electrons. The highest BCUT2D eigenvalue weighted by Gasteiger charge is 2.31. The van der Waals surface area contributed by atoms with Gasteiger partial charge in [0.15, 0.2) is 0 Å². The smallest absolute Gasteiger partial charge is 0.224 e. The minimum Gasteiger partial charge on any atom is -0.373 e. The fraction of sp³-hybridized carbons (Fsp3) is 0.909. The molecule has 15 heavy (non-hydrogen) atoms. The summed E-state index contributed by atoms with van der Waals surface area (Å²) >= 11 is 0. The van der Waals surface area contributed by atoms with Crippen LogP contribution in [0, 0.1) is 5.41 Å². The van der Waals surface area contributed by atoms with Gasteiger partial charge in [-0.05, 0) is 27.7 Å². The van der Waals surface area contributed by atoms with Gasteiger partial charge in [0, 0.05) is 19.6 Å². The number of nitrogens with zero attached hydrogens (tertiary/aromatic N) is 1. The van der Waals surface area contributed by atoms with E-state index < -0.39 is 5.41 Å². The van der Waals surface area contributed by atoms with Crippen LogP contribution in [0.1, 0.15) is 27.7 Å². The van der Waals surface area contributed by atoms with Crippen molar-refractivity contribution in [3.63, 3.8) is 0 Å². The number of ether oxygens (including phenoxy) is 1. The van der Waals surface area contributed by atoms with E-state index in [4.69, 9.17) is 10.5 Å². The van der Waals surface area contributed by atoms with Crippen molar-refractivity contribution >= 4 is 5.91 Å². The van der Waals surface area contributed by atoms with E-state index in [0.29, 0.717) is 6.54 Å². The fourth-order valence-electron chi connectivity index (χ4n) is 2.05. The first-order valence-corrected chi connectivity index (χ1v) is 5.49. The molecule has 1 saturated heterocycles. The fourth-order valence-corrected chi connectivity index (χ4v) is 2.05. The molecule has 1 rings (SSSR count). The summed E-state index contributed by atoms with van der Waals surface area (Å²) in [5.41, 5.74) is 4.90. The van der Waals surface area contributed by atoms with Crippen LogP contribution in [0.2, 0.25) is 0 Å². The van der Waals surface area contributed by atoms with Crippen molar-refractivity contribution in [3.8, 4) is 0 Å². The minimum absolute atomic E-state index is 0.234. The van der Waals surface area contributed by atoms with E-state index in [1.807, 2.05) is 13.8 Å². The summed E-state index contributed by atoms with van der Waals surface area (Å²) in [6, 6.07) is 0. The molecule has 0 saturated carbocycles. The maximum atomic E-state index is 11.2. The predicted octanol–water partition coefficient (Wildman–Crippen LogP) is 0.607. The maximum absolute atomic E-state index is 11.2. The Morgan fingerprint density at radius 2 is 1.87 bits per heavy atom. The van der Waals surface area contributed by atoms with Crippen LogP contribution >= 0.6 is 0 Å². The second-order valence-corrected chi connectivity index (χ2v) is 5.20. The standard InChI is InChI=1S/C11H22N2O2/c1-8-5-13(6-9(2)15-8)7-11(3,4)10(12)14/h8-9H,5-7H2,1-4H3,(H2,12,14). The minimum atomic E-state index is -0.462.